The van der Waals surface area contributed by atoms with Crippen LogP contribution < -0.4 is 10.6 Å². The van der Waals surface area contributed by atoms with Gasteiger partial charge in [-0.25, -0.2) is 4.79 Å². The number of hydrogen-bond donors (Lipinski definition) is 2. The Kier molecular flexibility index (Phi) is 5.75. The van der Waals surface area contributed by atoms with Crippen molar-refractivity contribution >= 4 is 11.9 Å². The Labute approximate surface area is 131 Å². The second-order valence-corrected chi connectivity index (χ2v) is 5.94. The van der Waals surface area contributed by atoms with Gasteiger partial charge in [0.2, 0.25) is 5.91 Å². The molecule has 1 aliphatic heterocycles. The van der Waals surface area contributed by atoms with Crippen LogP contribution in [0.4, 0.5) is 4.79 Å². The summed E-state index contributed by atoms with van der Waals surface area (Å²) in [4.78, 5) is 29.8. The van der Waals surface area contributed by atoms with Gasteiger partial charge in [0.1, 0.15) is 0 Å². The zero-order valence-corrected chi connectivity index (χ0v) is 13.2. The average Bonchev–Trinajstić information content (AvgIpc) is 2.53. The number of urea groups is 1. The number of rotatable bonds is 4. The van der Waals surface area contributed by atoms with E-state index in [1.54, 1.807) is 17.3 Å². The molecule has 1 aliphatic rings. The van der Waals surface area contributed by atoms with Gasteiger partial charge in [0.05, 0.1) is 0 Å². The normalized spacial score (nSPS) is 15.7. The van der Waals surface area contributed by atoms with E-state index in [1.165, 1.54) is 0 Å². The summed E-state index contributed by atoms with van der Waals surface area (Å²) in [6.07, 6.45) is 4.86. The summed E-state index contributed by atoms with van der Waals surface area (Å²) in [6, 6.07) is 3.87. The largest absolute Gasteiger partial charge is 0.352 e. The van der Waals surface area contributed by atoms with Crippen LogP contribution in [-0.2, 0) is 11.3 Å². The predicted octanol–water partition coefficient (Wildman–Crippen LogP) is 1.53. The van der Waals surface area contributed by atoms with E-state index in [-0.39, 0.29) is 23.9 Å². The fourth-order valence-electron chi connectivity index (χ4n) is 2.52. The van der Waals surface area contributed by atoms with Gasteiger partial charge in [0.25, 0.3) is 0 Å². The molecule has 1 aromatic heterocycles. The number of amides is 3. The van der Waals surface area contributed by atoms with Gasteiger partial charge >= 0.3 is 6.03 Å². The number of likely N-dealkylation sites (tertiary alicyclic amines) is 1. The van der Waals surface area contributed by atoms with E-state index in [0.29, 0.717) is 32.5 Å². The quantitative estimate of drug-likeness (QED) is 0.886. The number of pyridine rings is 1. The van der Waals surface area contributed by atoms with Crippen molar-refractivity contribution in [2.75, 3.05) is 13.1 Å². The number of nitrogens with zero attached hydrogens (tertiary/aromatic N) is 2. The lowest BCUT2D eigenvalue weighted by Crippen LogP contribution is -2.48. The molecule has 1 fully saturated rings. The Balaban J connectivity index is 1.74. The van der Waals surface area contributed by atoms with Gasteiger partial charge in [-0.3, -0.25) is 9.78 Å². The Morgan fingerprint density at radius 3 is 2.50 bits per heavy atom. The summed E-state index contributed by atoms with van der Waals surface area (Å²) in [5, 5.41) is 5.84. The third kappa shape index (κ3) is 4.72. The van der Waals surface area contributed by atoms with Crippen molar-refractivity contribution in [3.05, 3.63) is 30.1 Å². The zero-order chi connectivity index (χ0) is 15.9. The molecule has 1 aromatic rings. The lowest BCUT2D eigenvalue weighted by Gasteiger charge is -2.32. The first-order chi connectivity index (χ1) is 10.6. The molecule has 2 rings (SSSR count). The fourth-order valence-corrected chi connectivity index (χ4v) is 2.52. The molecule has 2 N–H and O–H groups in total. The lowest BCUT2D eigenvalue weighted by molar-refractivity contribution is -0.126. The summed E-state index contributed by atoms with van der Waals surface area (Å²) in [6.45, 7) is 5.67. The Bertz CT molecular complexity index is 496. The molecule has 2 heterocycles. The van der Waals surface area contributed by atoms with E-state index in [9.17, 15) is 9.59 Å². The summed E-state index contributed by atoms with van der Waals surface area (Å²) in [7, 11) is 0. The minimum atomic E-state index is -0.0364. The van der Waals surface area contributed by atoms with Crippen molar-refractivity contribution in [2.45, 2.75) is 39.3 Å². The maximum atomic E-state index is 12.2. The van der Waals surface area contributed by atoms with Crippen LogP contribution in [0.3, 0.4) is 0 Å². The molecule has 0 aromatic carbocycles. The van der Waals surface area contributed by atoms with E-state index in [4.69, 9.17) is 0 Å². The molecule has 6 heteroatoms. The Morgan fingerprint density at radius 1 is 1.27 bits per heavy atom. The first-order valence-corrected chi connectivity index (χ1v) is 7.78. The highest BCUT2D eigenvalue weighted by atomic mass is 16.2. The summed E-state index contributed by atoms with van der Waals surface area (Å²) in [5.41, 5.74) is 1.04. The fraction of sp³-hybridized carbons (Fsp3) is 0.562. The van der Waals surface area contributed by atoms with Crippen molar-refractivity contribution in [3.63, 3.8) is 0 Å². The molecule has 0 saturated carbocycles. The molecule has 0 aliphatic carbocycles. The predicted molar refractivity (Wildman–Crippen MR) is 84.0 cm³/mol. The topological polar surface area (TPSA) is 74.3 Å². The molecule has 120 valence electrons. The van der Waals surface area contributed by atoms with Crippen LogP contribution in [0.1, 0.15) is 32.3 Å². The highest BCUT2D eigenvalue weighted by Crippen LogP contribution is 2.17. The van der Waals surface area contributed by atoms with Gasteiger partial charge in [0, 0.05) is 44.0 Å². The van der Waals surface area contributed by atoms with Gasteiger partial charge < -0.3 is 15.5 Å². The molecule has 6 nitrogen and oxygen atoms in total. The number of carbonyl (C=O) groups is 2. The number of piperidine rings is 1. The minimum absolute atomic E-state index is 0.00932. The first kappa shape index (κ1) is 16.3. The molecular weight excluding hydrogens is 280 g/mol. The number of carbonyl (C=O) groups excluding carboxylic acids is 2. The SMILES string of the molecule is CC(C)NC(=O)N1CCC(C(=O)NCc2ccncc2)CC1. The minimum Gasteiger partial charge on any atom is -0.352 e. The van der Waals surface area contributed by atoms with E-state index < -0.39 is 0 Å². The van der Waals surface area contributed by atoms with Crippen LogP contribution in [-0.4, -0.2) is 41.0 Å². The van der Waals surface area contributed by atoms with E-state index in [2.05, 4.69) is 15.6 Å². The van der Waals surface area contributed by atoms with Gasteiger partial charge in [-0.1, -0.05) is 0 Å². The van der Waals surface area contributed by atoms with E-state index in [0.717, 1.165) is 5.56 Å². The van der Waals surface area contributed by atoms with Crippen molar-refractivity contribution < 1.29 is 9.59 Å². The zero-order valence-electron chi connectivity index (χ0n) is 13.2. The van der Waals surface area contributed by atoms with Gasteiger partial charge in [-0.2, -0.15) is 0 Å². The number of nitrogens with one attached hydrogen (secondary N) is 2. The molecule has 0 radical (unpaired) electrons. The first-order valence-electron chi connectivity index (χ1n) is 7.78. The second kappa shape index (κ2) is 7.77. The van der Waals surface area contributed by atoms with Crippen molar-refractivity contribution in [3.8, 4) is 0 Å². The van der Waals surface area contributed by atoms with Crippen LogP contribution in [0.2, 0.25) is 0 Å². The third-order valence-corrected chi connectivity index (χ3v) is 3.78. The molecule has 22 heavy (non-hydrogen) atoms. The lowest BCUT2D eigenvalue weighted by atomic mass is 9.96. The van der Waals surface area contributed by atoms with Crippen molar-refractivity contribution in [1.82, 2.24) is 20.5 Å². The standard InChI is InChI=1S/C16H24N4O2/c1-12(2)19-16(22)20-9-5-14(6-10-20)15(21)18-11-13-3-7-17-8-4-13/h3-4,7-8,12,14H,5-6,9-11H2,1-2H3,(H,18,21)(H,19,22). The van der Waals surface area contributed by atoms with E-state index >= 15 is 0 Å². The average molecular weight is 304 g/mol. The van der Waals surface area contributed by atoms with Crippen LogP contribution >= 0.6 is 0 Å². The monoisotopic (exact) mass is 304 g/mol. The third-order valence-electron chi connectivity index (χ3n) is 3.78. The van der Waals surface area contributed by atoms with Gasteiger partial charge in [-0.05, 0) is 44.4 Å². The summed E-state index contributed by atoms with van der Waals surface area (Å²) >= 11 is 0. The summed E-state index contributed by atoms with van der Waals surface area (Å²) < 4.78 is 0. The Hall–Kier alpha value is -2.11. The highest BCUT2D eigenvalue weighted by Gasteiger charge is 2.27. The second-order valence-electron chi connectivity index (χ2n) is 5.94. The van der Waals surface area contributed by atoms with Crippen molar-refractivity contribution in [1.29, 1.82) is 0 Å². The summed E-state index contributed by atoms with van der Waals surface area (Å²) in [5.74, 6) is 0.0608. The van der Waals surface area contributed by atoms with E-state index in [1.807, 2.05) is 26.0 Å². The van der Waals surface area contributed by atoms with Gasteiger partial charge in [0.15, 0.2) is 0 Å². The van der Waals surface area contributed by atoms with Crippen LogP contribution in [0.5, 0.6) is 0 Å². The molecule has 1 saturated heterocycles. The smallest absolute Gasteiger partial charge is 0.317 e. The van der Waals surface area contributed by atoms with Gasteiger partial charge in [-0.15, -0.1) is 0 Å². The molecular formula is C16H24N4O2. The Morgan fingerprint density at radius 2 is 1.91 bits per heavy atom. The number of hydrogen-bond acceptors (Lipinski definition) is 3. The molecule has 0 atom stereocenters. The molecule has 3 amide bonds. The maximum Gasteiger partial charge on any atom is 0.317 e. The van der Waals surface area contributed by atoms with Crippen LogP contribution in [0.15, 0.2) is 24.5 Å². The highest BCUT2D eigenvalue weighted by molar-refractivity contribution is 5.79. The molecule has 0 bridgehead atoms. The maximum absolute atomic E-state index is 12.2. The van der Waals surface area contributed by atoms with Crippen molar-refractivity contribution in [2.24, 2.45) is 5.92 Å². The van der Waals surface area contributed by atoms with Crippen LogP contribution in [0.25, 0.3) is 0 Å². The molecule has 0 spiro atoms. The molecule has 0 unspecified atom stereocenters. The van der Waals surface area contributed by atoms with Crippen LogP contribution in [0, 0.1) is 5.92 Å². The number of aromatic nitrogens is 1.